The molecule has 0 saturated carbocycles. The first-order valence-electron chi connectivity index (χ1n) is 14.7. The number of esters is 1. The molecule has 1 aliphatic heterocycles. The fourth-order valence-electron chi connectivity index (χ4n) is 4.31. The van der Waals surface area contributed by atoms with Crippen LogP contribution in [-0.4, -0.2) is 39.5 Å². The first kappa shape index (κ1) is 32.1. The molecule has 0 radical (unpaired) electrons. The van der Waals surface area contributed by atoms with Crippen LogP contribution in [0.1, 0.15) is 47.2 Å². The van der Waals surface area contributed by atoms with Crippen molar-refractivity contribution in [1.29, 1.82) is 0 Å². The molecule has 0 unspecified atom stereocenters. The number of carbonyl (C=O) groups is 1. The van der Waals surface area contributed by atoms with E-state index < -0.39 is 5.97 Å². The van der Waals surface area contributed by atoms with Crippen LogP contribution in [0.5, 0.6) is 34.5 Å². The van der Waals surface area contributed by atoms with Crippen LogP contribution in [0.3, 0.4) is 0 Å². The number of rotatable bonds is 9. The lowest BCUT2D eigenvalue weighted by Gasteiger charge is -2.15. The van der Waals surface area contributed by atoms with Gasteiger partial charge >= 0.3 is 5.97 Å². The number of benzene rings is 3. The molecular weight excluding hydrogens is 560 g/mol. The van der Waals surface area contributed by atoms with E-state index in [2.05, 4.69) is 25.3 Å². The molecular formula is C36H40O8. The Kier molecular flexibility index (Phi) is 12.6. The molecule has 6 bridgehead atoms. The molecule has 8 heteroatoms. The number of carbonyl (C=O) groups excluding carboxylic acids is 1. The zero-order valence-electron chi connectivity index (χ0n) is 25.3. The summed E-state index contributed by atoms with van der Waals surface area (Å²) in [5.74, 6) is 3.11. The van der Waals surface area contributed by atoms with Crippen LogP contribution in [0.4, 0.5) is 0 Å². The van der Waals surface area contributed by atoms with E-state index in [1.165, 1.54) is 7.11 Å². The summed E-state index contributed by atoms with van der Waals surface area (Å²) in [6.07, 6.45) is 10.7. The summed E-state index contributed by atoms with van der Waals surface area (Å²) in [6, 6.07) is 16.4. The summed E-state index contributed by atoms with van der Waals surface area (Å²) < 4.78 is 41.2. The van der Waals surface area contributed by atoms with Crippen LogP contribution in [0, 0.1) is 0 Å². The maximum atomic E-state index is 12.5. The van der Waals surface area contributed by atoms with E-state index in [-0.39, 0.29) is 13.2 Å². The second kappa shape index (κ2) is 17.3. The predicted molar refractivity (Wildman–Crippen MR) is 169 cm³/mol. The van der Waals surface area contributed by atoms with Crippen LogP contribution in [0.2, 0.25) is 0 Å². The molecule has 232 valence electrons. The van der Waals surface area contributed by atoms with Crippen molar-refractivity contribution >= 4 is 5.97 Å². The Hall–Kier alpha value is -4.85. The summed E-state index contributed by atoms with van der Waals surface area (Å²) in [5, 5.41) is 0. The molecule has 0 aliphatic carbocycles. The highest BCUT2D eigenvalue weighted by Gasteiger charge is 2.13. The van der Waals surface area contributed by atoms with Crippen molar-refractivity contribution in [3.8, 4) is 34.5 Å². The Labute approximate surface area is 259 Å². The minimum Gasteiger partial charge on any atom is -0.493 e. The molecule has 3 aromatic carbocycles. The van der Waals surface area contributed by atoms with Gasteiger partial charge in [-0.3, -0.25) is 0 Å². The van der Waals surface area contributed by atoms with Crippen LogP contribution in [-0.2, 0) is 18.0 Å². The highest BCUT2D eigenvalue weighted by molar-refractivity contribution is 5.90. The third kappa shape index (κ3) is 10.5. The summed E-state index contributed by atoms with van der Waals surface area (Å²) in [7, 11) is 1.34. The van der Waals surface area contributed by atoms with E-state index in [0.29, 0.717) is 66.5 Å². The highest BCUT2D eigenvalue weighted by Crippen LogP contribution is 2.29. The van der Waals surface area contributed by atoms with E-state index in [9.17, 15) is 4.79 Å². The molecule has 0 spiro atoms. The fourth-order valence-corrected chi connectivity index (χ4v) is 4.31. The number of fused-ring (bicyclic) bond motifs is 6. The average Bonchev–Trinajstić information content (AvgIpc) is 3.03. The maximum Gasteiger partial charge on any atom is 0.338 e. The van der Waals surface area contributed by atoms with Crippen LogP contribution >= 0.6 is 0 Å². The molecule has 1 heterocycles. The van der Waals surface area contributed by atoms with E-state index in [4.69, 9.17) is 33.2 Å². The van der Waals surface area contributed by atoms with Gasteiger partial charge in [-0.05, 0) is 73.2 Å². The van der Waals surface area contributed by atoms with Gasteiger partial charge in [0.05, 0.1) is 39.1 Å². The topological polar surface area (TPSA) is 81.7 Å². The van der Waals surface area contributed by atoms with E-state index in [1.807, 2.05) is 48.6 Å². The molecule has 0 amide bonds. The zero-order valence-corrected chi connectivity index (χ0v) is 25.3. The van der Waals surface area contributed by atoms with E-state index in [0.717, 1.165) is 36.8 Å². The molecule has 0 aromatic heterocycles. The lowest BCUT2D eigenvalue weighted by Crippen LogP contribution is -2.05. The Bertz CT molecular complexity index is 1330. The fraction of sp³-hybridized carbons (Fsp3) is 0.306. The van der Waals surface area contributed by atoms with Crippen LogP contribution < -0.4 is 28.4 Å². The first-order chi connectivity index (χ1) is 21.6. The summed E-state index contributed by atoms with van der Waals surface area (Å²) in [4.78, 5) is 12.5. The largest absolute Gasteiger partial charge is 0.493 e. The molecule has 0 N–H and O–H groups in total. The van der Waals surface area contributed by atoms with Gasteiger partial charge in [0.2, 0.25) is 0 Å². The van der Waals surface area contributed by atoms with Crippen molar-refractivity contribution in [3.63, 3.8) is 0 Å². The number of hydrogen-bond acceptors (Lipinski definition) is 8. The van der Waals surface area contributed by atoms with Gasteiger partial charge in [0.15, 0.2) is 0 Å². The van der Waals surface area contributed by atoms with Crippen molar-refractivity contribution in [2.75, 3.05) is 33.5 Å². The Morgan fingerprint density at radius 3 is 1.61 bits per heavy atom. The average molecular weight is 601 g/mol. The number of ether oxygens (including phenoxy) is 7. The van der Waals surface area contributed by atoms with Gasteiger partial charge in [0, 0.05) is 18.2 Å². The van der Waals surface area contributed by atoms with E-state index >= 15 is 0 Å². The van der Waals surface area contributed by atoms with Crippen LogP contribution in [0.25, 0.3) is 0 Å². The Morgan fingerprint density at radius 1 is 0.682 bits per heavy atom. The predicted octanol–water partition coefficient (Wildman–Crippen LogP) is 7.65. The van der Waals surface area contributed by atoms with Crippen LogP contribution in [0.15, 0.2) is 92.1 Å². The van der Waals surface area contributed by atoms with Crippen molar-refractivity contribution in [3.05, 3.63) is 109 Å². The normalized spacial score (nSPS) is 14.1. The van der Waals surface area contributed by atoms with Gasteiger partial charge in [0.1, 0.15) is 47.7 Å². The van der Waals surface area contributed by atoms with Gasteiger partial charge in [-0.15, -0.1) is 13.2 Å². The van der Waals surface area contributed by atoms with Crippen molar-refractivity contribution in [2.24, 2.45) is 0 Å². The monoisotopic (exact) mass is 600 g/mol. The van der Waals surface area contributed by atoms with Gasteiger partial charge in [-0.2, -0.15) is 0 Å². The summed E-state index contributed by atoms with van der Waals surface area (Å²) in [5.41, 5.74) is 2.00. The molecule has 3 aromatic rings. The van der Waals surface area contributed by atoms with Gasteiger partial charge < -0.3 is 33.2 Å². The second-order valence-electron chi connectivity index (χ2n) is 9.98. The molecule has 8 nitrogen and oxygen atoms in total. The minimum absolute atomic E-state index is 0.212. The SMILES string of the molecule is C=CCCOc1cc2cc(c1)OCC/C=C/CCOc1cc(cc(OCCC=C)c1)COc1cc(cc(C(=O)OC)c1)OC2. The second-order valence-corrected chi connectivity index (χ2v) is 9.98. The van der Waals surface area contributed by atoms with Gasteiger partial charge in [-0.25, -0.2) is 4.79 Å². The Morgan fingerprint density at radius 2 is 1.16 bits per heavy atom. The zero-order chi connectivity index (χ0) is 31.0. The molecule has 0 saturated heterocycles. The third-order valence-corrected chi connectivity index (χ3v) is 6.45. The maximum absolute atomic E-state index is 12.5. The standard InChI is InChI=1S/C36H40O8/c1-4-6-12-39-30-16-27-18-32(22-30)41-14-10-8-9-11-15-42-33-19-28(17-31(23-33)40-13-7-5-2)26-44-35-21-29(36(37)38-3)20-34(24-35)43-25-27/h4-5,8-9,16-24H,1-2,6-7,10-15,25-26H2,3H3/b9-8+. The lowest BCUT2D eigenvalue weighted by atomic mass is 10.2. The van der Waals surface area contributed by atoms with Crippen molar-refractivity contribution in [1.82, 2.24) is 0 Å². The highest BCUT2D eigenvalue weighted by atomic mass is 16.5. The number of hydrogen-bond donors (Lipinski definition) is 0. The summed E-state index contributed by atoms with van der Waals surface area (Å²) in [6.45, 7) is 9.95. The molecule has 1 aliphatic rings. The molecule has 4 rings (SSSR count). The van der Waals surface area contributed by atoms with Crippen molar-refractivity contribution < 1.29 is 38.0 Å². The Balaban J connectivity index is 1.62. The third-order valence-electron chi connectivity index (χ3n) is 6.45. The molecule has 0 fully saturated rings. The minimum atomic E-state index is -0.499. The van der Waals surface area contributed by atoms with E-state index in [1.54, 1.807) is 18.2 Å². The quantitative estimate of drug-likeness (QED) is 0.141. The summed E-state index contributed by atoms with van der Waals surface area (Å²) >= 11 is 0. The van der Waals surface area contributed by atoms with Crippen molar-refractivity contribution in [2.45, 2.75) is 38.9 Å². The van der Waals surface area contributed by atoms with Gasteiger partial charge in [-0.1, -0.05) is 24.3 Å². The molecule has 0 atom stereocenters. The number of methoxy groups -OCH3 is 1. The smallest absolute Gasteiger partial charge is 0.338 e. The first-order valence-corrected chi connectivity index (χ1v) is 14.7. The van der Waals surface area contributed by atoms with Gasteiger partial charge in [0.25, 0.3) is 0 Å². The molecule has 44 heavy (non-hydrogen) atoms. The lowest BCUT2D eigenvalue weighted by molar-refractivity contribution is 0.0599.